The molecule has 0 bridgehead atoms. The van der Waals surface area contributed by atoms with E-state index in [9.17, 15) is 9.90 Å². The van der Waals surface area contributed by atoms with Crippen molar-refractivity contribution < 1.29 is 24.5 Å². The molecule has 1 fully saturated rings. The monoisotopic (exact) mass is 410 g/mol. The lowest BCUT2D eigenvalue weighted by molar-refractivity contribution is -0.144. The van der Waals surface area contributed by atoms with E-state index in [1.807, 2.05) is 38.1 Å². The van der Waals surface area contributed by atoms with Crippen LogP contribution in [0.3, 0.4) is 0 Å². The first-order valence-electron chi connectivity index (χ1n) is 9.86. The quantitative estimate of drug-likeness (QED) is 0.350. The zero-order valence-corrected chi connectivity index (χ0v) is 17.4. The number of aryl methyl sites for hydroxylation is 2. The van der Waals surface area contributed by atoms with Crippen LogP contribution in [0.1, 0.15) is 36.8 Å². The summed E-state index contributed by atoms with van der Waals surface area (Å²) < 4.78 is 10.8. The molecule has 0 amide bonds. The number of alkyl halides is 1. The molecule has 2 rings (SSSR count). The summed E-state index contributed by atoms with van der Waals surface area (Å²) in [4.78, 5) is 11.4. The lowest BCUT2D eigenvalue weighted by atomic mass is 9.92. The molecule has 1 aromatic rings. The van der Waals surface area contributed by atoms with E-state index in [0.29, 0.717) is 19.4 Å². The number of aliphatic hydroxyl groups is 2. The SMILES string of the molecule is Cc1ccc(C)c(OC[C@@H]2[C@@H](C/C=C\CCC(=O)OCCO)[C@H](Cl)C[C@H]2O)c1. The zero-order valence-electron chi connectivity index (χ0n) is 16.6. The number of allylic oxidation sites excluding steroid dienone is 2. The number of benzene rings is 1. The van der Waals surface area contributed by atoms with Crippen LogP contribution < -0.4 is 4.74 Å². The minimum atomic E-state index is -0.473. The van der Waals surface area contributed by atoms with Crippen LogP contribution >= 0.6 is 11.6 Å². The van der Waals surface area contributed by atoms with Gasteiger partial charge in [0.05, 0.1) is 19.3 Å². The number of halogens is 1. The standard InChI is InChI=1S/C22H31ClO5/c1-15-8-9-16(2)21(12-15)28-14-18-17(19(23)13-20(18)25)6-4-3-5-7-22(26)27-11-10-24/h3-4,8-9,12,17-20,24-25H,5-7,10-11,13-14H2,1-2H3/b4-3-/t17-,18-,19-,20-/m1/s1. The number of rotatable bonds is 10. The molecule has 1 saturated carbocycles. The van der Waals surface area contributed by atoms with Crippen molar-refractivity contribution in [3.05, 3.63) is 41.5 Å². The Bertz CT molecular complexity index is 660. The number of carbonyl (C=O) groups excluding carboxylic acids is 1. The van der Waals surface area contributed by atoms with E-state index in [4.69, 9.17) is 26.2 Å². The molecule has 156 valence electrons. The highest BCUT2D eigenvalue weighted by Gasteiger charge is 2.41. The molecule has 5 nitrogen and oxygen atoms in total. The number of carbonyl (C=O) groups is 1. The molecule has 0 saturated heterocycles. The van der Waals surface area contributed by atoms with Crippen LogP contribution in [0.15, 0.2) is 30.4 Å². The topological polar surface area (TPSA) is 76.0 Å². The average Bonchev–Trinajstić information content (AvgIpc) is 2.93. The van der Waals surface area contributed by atoms with Gasteiger partial charge in [0.15, 0.2) is 0 Å². The van der Waals surface area contributed by atoms with Gasteiger partial charge in [-0.1, -0.05) is 24.3 Å². The van der Waals surface area contributed by atoms with E-state index in [1.54, 1.807) is 0 Å². The fraction of sp³-hybridized carbons (Fsp3) is 0.591. The Kier molecular flexibility index (Phi) is 9.29. The summed E-state index contributed by atoms with van der Waals surface area (Å²) in [6.07, 6.45) is 5.65. The minimum absolute atomic E-state index is 0.0263. The van der Waals surface area contributed by atoms with Crippen molar-refractivity contribution >= 4 is 17.6 Å². The van der Waals surface area contributed by atoms with Crippen molar-refractivity contribution in [2.45, 2.75) is 51.0 Å². The van der Waals surface area contributed by atoms with Gasteiger partial charge in [0.2, 0.25) is 0 Å². The summed E-state index contributed by atoms with van der Waals surface area (Å²) in [5.74, 6) is 0.631. The second kappa shape index (κ2) is 11.4. The summed E-state index contributed by atoms with van der Waals surface area (Å²) in [5.41, 5.74) is 2.21. The third-order valence-electron chi connectivity index (χ3n) is 5.19. The highest BCUT2D eigenvalue weighted by atomic mass is 35.5. The molecule has 0 radical (unpaired) electrons. The fourth-order valence-electron chi connectivity index (χ4n) is 3.54. The van der Waals surface area contributed by atoms with Crippen molar-refractivity contribution in [3.63, 3.8) is 0 Å². The molecule has 1 aliphatic carbocycles. The van der Waals surface area contributed by atoms with Crippen LogP contribution in [0.25, 0.3) is 0 Å². The van der Waals surface area contributed by atoms with Crippen molar-refractivity contribution in [2.75, 3.05) is 19.8 Å². The van der Waals surface area contributed by atoms with E-state index < -0.39 is 6.10 Å². The highest BCUT2D eigenvalue weighted by molar-refractivity contribution is 6.21. The van der Waals surface area contributed by atoms with Gasteiger partial charge in [-0.3, -0.25) is 4.79 Å². The minimum Gasteiger partial charge on any atom is -0.493 e. The van der Waals surface area contributed by atoms with E-state index in [0.717, 1.165) is 23.3 Å². The summed E-state index contributed by atoms with van der Waals surface area (Å²) in [6, 6.07) is 6.10. The molecular weight excluding hydrogens is 380 g/mol. The van der Waals surface area contributed by atoms with Crippen LogP contribution in [0.5, 0.6) is 5.75 Å². The van der Waals surface area contributed by atoms with Crippen LogP contribution in [-0.2, 0) is 9.53 Å². The second-order valence-electron chi connectivity index (χ2n) is 7.42. The Morgan fingerprint density at radius 1 is 1.29 bits per heavy atom. The largest absolute Gasteiger partial charge is 0.493 e. The molecule has 0 aromatic heterocycles. The van der Waals surface area contributed by atoms with E-state index >= 15 is 0 Å². The molecule has 0 unspecified atom stereocenters. The highest BCUT2D eigenvalue weighted by Crippen LogP contribution is 2.39. The normalized spacial score (nSPS) is 24.6. The summed E-state index contributed by atoms with van der Waals surface area (Å²) in [6.45, 7) is 4.35. The maximum Gasteiger partial charge on any atom is 0.306 e. The predicted molar refractivity (Wildman–Crippen MR) is 110 cm³/mol. The van der Waals surface area contributed by atoms with Crippen LogP contribution in [0, 0.1) is 25.7 Å². The first-order chi connectivity index (χ1) is 13.4. The molecule has 0 aliphatic heterocycles. The summed E-state index contributed by atoms with van der Waals surface area (Å²) >= 11 is 6.48. The van der Waals surface area contributed by atoms with E-state index in [1.165, 1.54) is 0 Å². The maximum absolute atomic E-state index is 11.4. The molecule has 1 aromatic carbocycles. The van der Waals surface area contributed by atoms with Crippen LogP contribution in [0.2, 0.25) is 0 Å². The third-order valence-corrected chi connectivity index (χ3v) is 5.70. The van der Waals surface area contributed by atoms with Crippen molar-refractivity contribution in [1.82, 2.24) is 0 Å². The van der Waals surface area contributed by atoms with Gasteiger partial charge in [-0.05, 0) is 56.2 Å². The molecule has 28 heavy (non-hydrogen) atoms. The number of hydrogen-bond acceptors (Lipinski definition) is 5. The number of hydrogen-bond donors (Lipinski definition) is 2. The molecule has 0 spiro atoms. The van der Waals surface area contributed by atoms with Crippen molar-refractivity contribution in [3.8, 4) is 5.75 Å². The number of ether oxygens (including phenoxy) is 2. The molecule has 1 aliphatic rings. The number of esters is 1. The molecule has 4 atom stereocenters. The van der Waals surface area contributed by atoms with Gasteiger partial charge in [0.25, 0.3) is 0 Å². The zero-order chi connectivity index (χ0) is 20.5. The Balaban J connectivity index is 1.85. The summed E-state index contributed by atoms with van der Waals surface area (Å²) in [7, 11) is 0. The van der Waals surface area contributed by atoms with Crippen LogP contribution in [0.4, 0.5) is 0 Å². The summed E-state index contributed by atoms with van der Waals surface area (Å²) in [5, 5.41) is 19.0. The van der Waals surface area contributed by atoms with Gasteiger partial charge in [0.1, 0.15) is 12.4 Å². The van der Waals surface area contributed by atoms with Crippen LogP contribution in [-0.4, -0.2) is 47.5 Å². The Morgan fingerprint density at radius 3 is 2.82 bits per heavy atom. The molecule has 6 heteroatoms. The first kappa shape index (κ1) is 22.7. The molecule has 0 heterocycles. The third kappa shape index (κ3) is 6.80. The molecular formula is C22H31ClO5. The van der Waals surface area contributed by atoms with Gasteiger partial charge in [-0.25, -0.2) is 0 Å². The molecule has 2 N–H and O–H groups in total. The van der Waals surface area contributed by atoms with Crippen molar-refractivity contribution in [1.29, 1.82) is 0 Å². The average molecular weight is 411 g/mol. The van der Waals surface area contributed by atoms with Gasteiger partial charge >= 0.3 is 5.97 Å². The fourth-order valence-corrected chi connectivity index (χ4v) is 4.02. The Hall–Kier alpha value is -1.56. The van der Waals surface area contributed by atoms with Gasteiger partial charge in [-0.2, -0.15) is 0 Å². The lowest BCUT2D eigenvalue weighted by Gasteiger charge is -2.23. The Morgan fingerprint density at radius 2 is 2.07 bits per heavy atom. The van der Waals surface area contributed by atoms with E-state index in [2.05, 4.69) is 6.07 Å². The van der Waals surface area contributed by atoms with Gasteiger partial charge < -0.3 is 19.7 Å². The lowest BCUT2D eigenvalue weighted by Crippen LogP contribution is -2.27. The predicted octanol–water partition coefficient (Wildman–Crippen LogP) is 3.55. The smallest absolute Gasteiger partial charge is 0.306 e. The van der Waals surface area contributed by atoms with Gasteiger partial charge in [0, 0.05) is 17.7 Å². The van der Waals surface area contributed by atoms with E-state index in [-0.39, 0.29) is 42.8 Å². The Labute approximate surface area is 172 Å². The van der Waals surface area contributed by atoms with Crippen molar-refractivity contribution in [2.24, 2.45) is 11.8 Å². The second-order valence-corrected chi connectivity index (χ2v) is 7.98. The maximum atomic E-state index is 11.4. The first-order valence-corrected chi connectivity index (χ1v) is 10.3. The number of aliphatic hydroxyl groups excluding tert-OH is 2. The van der Waals surface area contributed by atoms with Gasteiger partial charge in [-0.15, -0.1) is 11.6 Å².